The van der Waals surface area contributed by atoms with Gasteiger partial charge in [-0.1, -0.05) is 76.2 Å². The van der Waals surface area contributed by atoms with Gasteiger partial charge in [-0.15, -0.1) is 10.2 Å². The van der Waals surface area contributed by atoms with Gasteiger partial charge in [0, 0.05) is 21.4 Å². The molecule has 4 aromatic rings. The van der Waals surface area contributed by atoms with E-state index in [0.717, 1.165) is 21.4 Å². The number of amides is 1. The number of benzene rings is 3. The zero-order valence-corrected chi connectivity index (χ0v) is 20.5. The molecule has 7 nitrogen and oxygen atoms in total. The molecule has 0 aliphatic rings. The number of hydrazine groups is 1. The fourth-order valence-electron chi connectivity index (χ4n) is 2.94. The first-order valence-corrected chi connectivity index (χ1v) is 12.1. The number of aromatic nitrogens is 3. The smallest absolute Gasteiger partial charge is 0.248 e. The summed E-state index contributed by atoms with van der Waals surface area (Å²) in [6, 6.07) is 27.1. The summed E-state index contributed by atoms with van der Waals surface area (Å²) in [5.41, 5.74) is 7.97. The first-order chi connectivity index (χ1) is 16.1. The monoisotopic (exact) mass is 538 g/mol. The molecule has 1 aromatic heterocycles. The number of carbonyl (C=O) groups is 1. The third kappa shape index (κ3) is 6.19. The zero-order valence-electron chi connectivity index (χ0n) is 17.2. The molecule has 0 aliphatic heterocycles. The number of nitrogens with zero attached hydrogens (tertiary/aromatic N) is 3. The Morgan fingerprint density at radius 3 is 2.27 bits per heavy atom. The SMILES string of the molecule is O=C(CSc1nnc(-c2ccccc2)n1-c1ccc(Br)cc1)NNC(=S)Nc1ccccc1. The summed E-state index contributed by atoms with van der Waals surface area (Å²) in [4.78, 5) is 12.4. The number of anilines is 1. The van der Waals surface area contributed by atoms with Crippen molar-refractivity contribution < 1.29 is 4.79 Å². The molecular formula is C23H19BrN6OS2. The Morgan fingerprint density at radius 1 is 0.909 bits per heavy atom. The Labute approximate surface area is 209 Å². The minimum atomic E-state index is -0.246. The number of thiocarbonyl (C=S) groups is 1. The van der Waals surface area contributed by atoms with E-state index in [1.807, 2.05) is 89.5 Å². The second-order valence-electron chi connectivity index (χ2n) is 6.77. The predicted molar refractivity (Wildman–Crippen MR) is 139 cm³/mol. The minimum absolute atomic E-state index is 0.129. The maximum Gasteiger partial charge on any atom is 0.248 e. The normalized spacial score (nSPS) is 10.5. The Bertz CT molecular complexity index is 1230. The van der Waals surface area contributed by atoms with Crippen LogP contribution in [0.4, 0.5) is 5.69 Å². The lowest BCUT2D eigenvalue weighted by molar-refractivity contribution is -0.119. The van der Waals surface area contributed by atoms with Crippen molar-refractivity contribution in [3.63, 3.8) is 0 Å². The number of rotatable bonds is 6. The lowest BCUT2D eigenvalue weighted by Gasteiger charge is -2.12. The molecule has 0 saturated carbocycles. The van der Waals surface area contributed by atoms with Crippen molar-refractivity contribution in [2.24, 2.45) is 0 Å². The molecule has 1 amide bonds. The van der Waals surface area contributed by atoms with Gasteiger partial charge in [0.05, 0.1) is 5.75 Å². The Balaban J connectivity index is 1.43. The summed E-state index contributed by atoms with van der Waals surface area (Å²) in [5, 5.41) is 12.6. The highest BCUT2D eigenvalue weighted by Gasteiger charge is 2.17. The second kappa shape index (κ2) is 11.1. The van der Waals surface area contributed by atoms with Crippen molar-refractivity contribution in [3.8, 4) is 17.1 Å². The van der Waals surface area contributed by atoms with E-state index < -0.39 is 0 Å². The lowest BCUT2D eigenvalue weighted by atomic mass is 10.2. The Hall–Kier alpha value is -3.21. The molecule has 4 rings (SSSR count). The fourth-order valence-corrected chi connectivity index (χ4v) is 4.12. The van der Waals surface area contributed by atoms with Crippen LogP contribution in [0, 0.1) is 0 Å². The number of halogens is 1. The van der Waals surface area contributed by atoms with Crippen LogP contribution in [0.25, 0.3) is 17.1 Å². The average molecular weight is 539 g/mol. The van der Waals surface area contributed by atoms with E-state index in [-0.39, 0.29) is 11.7 Å². The fraction of sp³-hybridized carbons (Fsp3) is 0.0435. The minimum Gasteiger partial charge on any atom is -0.331 e. The maximum atomic E-state index is 12.4. The molecule has 0 spiro atoms. The van der Waals surface area contributed by atoms with E-state index in [1.165, 1.54) is 11.8 Å². The predicted octanol–water partition coefficient (Wildman–Crippen LogP) is 4.81. The quantitative estimate of drug-likeness (QED) is 0.184. The van der Waals surface area contributed by atoms with Crippen LogP contribution >= 0.6 is 39.9 Å². The maximum absolute atomic E-state index is 12.4. The molecule has 0 saturated heterocycles. The lowest BCUT2D eigenvalue weighted by Crippen LogP contribution is -2.44. The van der Waals surface area contributed by atoms with Crippen molar-refractivity contribution in [2.45, 2.75) is 5.16 Å². The standard InChI is InChI=1S/C23H19BrN6OS2/c24-17-11-13-19(14-12-17)30-21(16-7-3-1-4-8-16)27-29-23(30)33-15-20(31)26-28-22(32)25-18-9-5-2-6-10-18/h1-14H,15H2,(H,26,31)(H2,25,28,32). The summed E-state index contributed by atoms with van der Waals surface area (Å²) < 4.78 is 2.91. The van der Waals surface area contributed by atoms with Crippen LogP contribution in [0.5, 0.6) is 0 Å². The van der Waals surface area contributed by atoms with Crippen LogP contribution in [0.3, 0.4) is 0 Å². The van der Waals surface area contributed by atoms with E-state index in [0.29, 0.717) is 16.1 Å². The first kappa shape index (κ1) is 23.0. The first-order valence-electron chi connectivity index (χ1n) is 9.90. The summed E-state index contributed by atoms with van der Waals surface area (Å²) in [6.07, 6.45) is 0. The summed E-state index contributed by atoms with van der Waals surface area (Å²) in [6.45, 7) is 0. The van der Waals surface area contributed by atoms with Crippen molar-refractivity contribution in [1.82, 2.24) is 25.6 Å². The van der Waals surface area contributed by atoms with Gasteiger partial charge < -0.3 is 5.32 Å². The summed E-state index contributed by atoms with van der Waals surface area (Å²) >= 11 is 9.97. The van der Waals surface area contributed by atoms with E-state index in [9.17, 15) is 4.79 Å². The largest absolute Gasteiger partial charge is 0.331 e. The van der Waals surface area contributed by atoms with E-state index >= 15 is 0 Å². The number of thioether (sulfide) groups is 1. The van der Waals surface area contributed by atoms with Gasteiger partial charge in [-0.3, -0.25) is 20.2 Å². The molecule has 166 valence electrons. The second-order valence-corrected chi connectivity index (χ2v) is 9.03. The van der Waals surface area contributed by atoms with Gasteiger partial charge in [0.2, 0.25) is 5.91 Å². The summed E-state index contributed by atoms with van der Waals surface area (Å²) in [7, 11) is 0. The molecule has 3 N–H and O–H groups in total. The van der Waals surface area contributed by atoms with Crippen LogP contribution in [-0.2, 0) is 4.79 Å². The van der Waals surface area contributed by atoms with Gasteiger partial charge in [-0.2, -0.15) is 0 Å². The van der Waals surface area contributed by atoms with Crippen molar-refractivity contribution in [2.75, 3.05) is 11.1 Å². The molecule has 0 atom stereocenters. The van der Waals surface area contributed by atoms with Crippen LogP contribution in [0.1, 0.15) is 0 Å². The van der Waals surface area contributed by atoms with Gasteiger partial charge in [-0.25, -0.2) is 0 Å². The van der Waals surface area contributed by atoms with Crippen LogP contribution < -0.4 is 16.2 Å². The van der Waals surface area contributed by atoms with Crippen molar-refractivity contribution in [1.29, 1.82) is 0 Å². The highest BCUT2D eigenvalue weighted by Crippen LogP contribution is 2.28. The van der Waals surface area contributed by atoms with Gasteiger partial charge in [0.1, 0.15) is 0 Å². The molecule has 0 aliphatic carbocycles. The number of hydrogen-bond acceptors (Lipinski definition) is 5. The van der Waals surface area contributed by atoms with Gasteiger partial charge in [0.25, 0.3) is 0 Å². The van der Waals surface area contributed by atoms with Crippen LogP contribution in [0.2, 0.25) is 0 Å². The van der Waals surface area contributed by atoms with Crippen LogP contribution in [0.15, 0.2) is 94.6 Å². The molecule has 0 radical (unpaired) electrons. The Kier molecular flexibility index (Phi) is 7.71. The molecular weight excluding hydrogens is 520 g/mol. The summed E-state index contributed by atoms with van der Waals surface area (Å²) in [5.74, 6) is 0.584. The van der Waals surface area contributed by atoms with Gasteiger partial charge in [-0.05, 0) is 48.6 Å². The molecule has 3 aromatic carbocycles. The number of para-hydroxylation sites is 1. The van der Waals surface area contributed by atoms with E-state index in [4.69, 9.17) is 12.2 Å². The third-order valence-corrected chi connectivity index (χ3v) is 6.09. The molecule has 33 heavy (non-hydrogen) atoms. The van der Waals surface area contributed by atoms with Crippen molar-refractivity contribution >= 4 is 56.6 Å². The van der Waals surface area contributed by atoms with Crippen molar-refractivity contribution in [3.05, 3.63) is 89.4 Å². The van der Waals surface area contributed by atoms with E-state index in [2.05, 4.69) is 42.3 Å². The average Bonchev–Trinajstić information content (AvgIpc) is 3.27. The van der Waals surface area contributed by atoms with Crippen LogP contribution in [-0.4, -0.2) is 31.5 Å². The topological polar surface area (TPSA) is 83.9 Å². The number of nitrogens with one attached hydrogen (secondary N) is 3. The zero-order chi connectivity index (χ0) is 23.0. The highest BCUT2D eigenvalue weighted by atomic mass is 79.9. The van der Waals surface area contributed by atoms with Gasteiger partial charge in [0.15, 0.2) is 16.1 Å². The third-order valence-electron chi connectivity index (χ3n) is 4.43. The molecule has 10 heteroatoms. The number of hydrogen-bond donors (Lipinski definition) is 3. The number of carbonyl (C=O) groups excluding carboxylic acids is 1. The van der Waals surface area contributed by atoms with E-state index in [1.54, 1.807) is 0 Å². The van der Waals surface area contributed by atoms with Gasteiger partial charge >= 0.3 is 0 Å². The molecule has 0 unspecified atom stereocenters. The molecule has 0 bridgehead atoms. The Morgan fingerprint density at radius 2 is 1.58 bits per heavy atom. The highest BCUT2D eigenvalue weighted by molar-refractivity contribution is 9.10. The molecule has 1 heterocycles. The molecule has 0 fully saturated rings.